The van der Waals surface area contributed by atoms with Gasteiger partial charge in [0.25, 0.3) is 5.91 Å². The summed E-state index contributed by atoms with van der Waals surface area (Å²) in [5, 5.41) is 9.62. The number of amides is 1. The van der Waals surface area contributed by atoms with Gasteiger partial charge in [-0.3, -0.25) is 9.89 Å². The molecule has 0 bridgehead atoms. The first kappa shape index (κ1) is 15.2. The lowest BCUT2D eigenvalue weighted by Gasteiger charge is -2.32. The molecule has 0 aliphatic rings. The van der Waals surface area contributed by atoms with E-state index in [2.05, 4.69) is 15.5 Å². The fraction of sp³-hybridized carbons (Fsp3) is 0.375. The third-order valence-electron chi connectivity index (χ3n) is 3.42. The summed E-state index contributed by atoms with van der Waals surface area (Å²) >= 11 is 0. The number of aromatic nitrogens is 2. The third kappa shape index (κ3) is 3.48. The van der Waals surface area contributed by atoms with Crippen LogP contribution in [0.25, 0.3) is 0 Å². The van der Waals surface area contributed by atoms with Gasteiger partial charge in [-0.2, -0.15) is 5.10 Å². The van der Waals surface area contributed by atoms with E-state index in [9.17, 15) is 9.18 Å². The summed E-state index contributed by atoms with van der Waals surface area (Å²) < 4.78 is 13.1. The van der Waals surface area contributed by atoms with Gasteiger partial charge in [0.15, 0.2) is 0 Å². The summed E-state index contributed by atoms with van der Waals surface area (Å²) in [6, 6.07) is 5.99. The van der Waals surface area contributed by atoms with E-state index in [1.165, 1.54) is 18.3 Å². The summed E-state index contributed by atoms with van der Waals surface area (Å²) in [6.45, 7) is 7.89. The Kier molecular flexibility index (Phi) is 4.11. The van der Waals surface area contributed by atoms with Crippen molar-refractivity contribution >= 4 is 5.91 Å². The number of halogens is 1. The topological polar surface area (TPSA) is 57.8 Å². The van der Waals surface area contributed by atoms with Gasteiger partial charge in [0.05, 0.1) is 17.8 Å². The molecule has 2 aromatic rings. The van der Waals surface area contributed by atoms with Crippen molar-refractivity contribution in [2.75, 3.05) is 0 Å². The molecule has 2 rings (SSSR count). The minimum absolute atomic E-state index is 0.189. The van der Waals surface area contributed by atoms with E-state index in [-0.39, 0.29) is 23.2 Å². The van der Waals surface area contributed by atoms with Gasteiger partial charge in [-0.15, -0.1) is 0 Å². The van der Waals surface area contributed by atoms with E-state index in [1.54, 1.807) is 19.1 Å². The predicted molar refractivity (Wildman–Crippen MR) is 79.4 cm³/mol. The third-order valence-corrected chi connectivity index (χ3v) is 3.42. The number of rotatable bonds is 3. The SMILES string of the molecule is Cc1[nH]ncc1C(=O)NC(c1ccc(F)cc1)C(C)(C)C. The molecular weight excluding hydrogens is 269 g/mol. The van der Waals surface area contributed by atoms with Crippen molar-refractivity contribution in [2.45, 2.75) is 33.7 Å². The maximum atomic E-state index is 13.1. The minimum atomic E-state index is -0.289. The monoisotopic (exact) mass is 289 g/mol. The Morgan fingerprint density at radius 2 is 1.90 bits per heavy atom. The van der Waals surface area contributed by atoms with Crippen LogP contribution in [0.1, 0.15) is 48.4 Å². The number of hydrogen-bond acceptors (Lipinski definition) is 2. The maximum Gasteiger partial charge on any atom is 0.255 e. The molecule has 21 heavy (non-hydrogen) atoms. The highest BCUT2D eigenvalue weighted by Crippen LogP contribution is 2.33. The lowest BCUT2D eigenvalue weighted by Crippen LogP contribution is -2.36. The standard InChI is InChI=1S/C16H20FN3O/c1-10-13(9-18-20-10)15(21)19-14(16(2,3)4)11-5-7-12(17)8-6-11/h5-9,14H,1-4H3,(H,18,20)(H,19,21). The van der Waals surface area contributed by atoms with Crippen molar-refractivity contribution in [2.24, 2.45) is 5.41 Å². The first-order valence-corrected chi connectivity index (χ1v) is 6.85. The molecule has 1 aromatic heterocycles. The molecule has 2 N–H and O–H groups in total. The van der Waals surface area contributed by atoms with E-state index < -0.39 is 0 Å². The fourth-order valence-electron chi connectivity index (χ4n) is 2.24. The van der Waals surface area contributed by atoms with Crippen LogP contribution in [-0.4, -0.2) is 16.1 Å². The maximum absolute atomic E-state index is 13.1. The van der Waals surface area contributed by atoms with Crippen LogP contribution >= 0.6 is 0 Å². The number of carbonyl (C=O) groups is 1. The van der Waals surface area contributed by atoms with E-state index in [0.29, 0.717) is 5.56 Å². The largest absolute Gasteiger partial charge is 0.345 e. The van der Waals surface area contributed by atoms with Crippen LogP contribution in [0.4, 0.5) is 4.39 Å². The second kappa shape index (κ2) is 5.68. The molecule has 0 fully saturated rings. The van der Waals surface area contributed by atoms with Crippen molar-refractivity contribution in [3.8, 4) is 0 Å². The number of aryl methyl sites for hydroxylation is 1. The molecule has 0 radical (unpaired) electrons. The molecule has 0 aliphatic carbocycles. The molecule has 0 saturated heterocycles. The summed E-state index contributed by atoms with van der Waals surface area (Å²) in [4.78, 5) is 12.4. The number of benzene rings is 1. The zero-order valence-corrected chi connectivity index (χ0v) is 12.7. The first-order chi connectivity index (χ1) is 9.79. The van der Waals surface area contributed by atoms with Crippen LogP contribution in [-0.2, 0) is 0 Å². The van der Waals surface area contributed by atoms with Crippen molar-refractivity contribution in [1.82, 2.24) is 15.5 Å². The highest BCUT2D eigenvalue weighted by molar-refractivity contribution is 5.95. The smallest absolute Gasteiger partial charge is 0.255 e. The molecule has 1 aromatic carbocycles. The van der Waals surface area contributed by atoms with Crippen LogP contribution < -0.4 is 5.32 Å². The molecule has 1 heterocycles. The summed E-state index contributed by atoms with van der Waals surface area (Å²) in [6.07, 6.45) is 1.51. The molecule has 0 aliphatic heterocycles. The van der Waals surface area contributed by atoms with E-state index in [4.69, 9.17) is 0 Å². The van der Waals surface area contributed by atoms with Gasteiger partial charge in [-0.25, -0.2) is 4.39 Å². The zero-order chi connectivity index (χ0) is 15.6. The normalized spacial score (nSPS) is 13.0. The number of hydrogen-bond donors (Lipinski definition) is 2. The van der Waals surface area contributed by atoms with Crippen molar-refractivity contribution in [3.05, 3.63) is 53.1 Å². The number of nitrogens with one attached hydrogen (secondary N) is 2. The van der Waals surface area contributed by atoms with Gasteiger partial charge < -0.3 is 5.32 Å². The predicted octanol–water partition coefficient (Wildman–Crippen LogP) is 3.37. The Labute approximate surface area is 123 Å². The molecule has 1 amide bonds. The van der Waals surface area contributed by atoms with Crippen molar-refractivity contribution < 1.29 is 9.18 Å². The summed E-state index contributed by atoms with van der Waals surface area (Å²) in [5.74, 6) is -0.478. The summed E-state index contributed by atoms with van der Waals surface area (Å²) in [7, 11) is 0. The molecule has 5 heteroatoms. The number of nitrogens with zero attached hydrogens (tertiary/aromatic N) is 1. The van der Waals surface area contributed by atoms with Crippen LogP contribution in [0.3, 0.4) is 0 Å². The Bertz CT molecular complexity index is 626. The fourth-order valence-corrected chi connectivity index (χ4v) is 2.24. The number of aromatic amines is 1. The van der Waals surface area contributed by atoms with Crippen LogP contribution in [0.5, 0.6) is 0 Å². The van der Waals surface area contributed by atoms with Crippen molar-refractivity contribution in [1.29, 1.82) is 0 Å². The average molecular weight is 289 g/mol. The van der Waals surface area contributed by atoms with E-state index in [1.807, 2.05) is 20.8 Å². The van der Waals surface area contributed by atoms with Gasteiger partial charge in [-0.1, -0.05) is 32.9 Å². The number of H-pyrrole nitrogens is 1. The molecule has 1 atom stereocenters. The second-order valence-electron chi connectivity index (χ2n) is 6.23. The average Bonchev–Trinajstić information content (AvgIpc) is 2.82. The Balaban J connectivity index is 2.28. The van der Waals surface area contributed by atoms with Gasteiger partial charge in [0.2, 0.25) is 0 Å². The Morgan fingerprint density at radius 1 is 1.29 bits per heavy atom. The first-order valence-electron chi connectivity index (χ1n) is 6.85. The quantitative estimate of drug-likeness (QED) is 0.910. The van der Waals surface area contributed by atoms with Crippen LogP contribution in [0.2, 0.25) is 0 Å². The Hall–Kier alpha value is -2.17. The zero-order valence-electron chi connectivity index (χ0n) is 12.7. The molecule has 1 unspecified atom stereocenters. The molecular formula is C16H20FN3O. The molecule has 112 valence electrons. The Morgan fingerprint density at radius 3 is 2.38 bits per heavy atom. The van der Waals surface area contributed by atoms with Gasteiger partial charge in [0.1, 0.15) is 5.82 Å². The minimum Gasteiger partial charge on any atom is -0.345 e. The highest BCUT2D eigenvalue weighted by atomic mass is 19.1. The molecule has 0 saturated carbocycles. The lowest BCUT2D eigenvalue weighted by atomic mass is 9.82. The lowest BCUT2D eigenvalue weighted by molar-refractivity contribution is 0.0901. The van der Waals surface area contributed by atoms with Gasteiger partial charge in [0, 0.05) is 5.69 Å². The van der Waals surface area contributed by atoms with Crippen LogP contribution in [0.15, 0.2) is 30.5 Å². The highest BCUT2D eigenvalue weighted by Gasteiger charge is 2.28. The molecule has 4 nitrogen and oxygen atoms in total. The van der Waals surface area contributed by atoms with Crippen LogP contribution in [0, 0.1) is 18.2 Å². The summed E-state index contributed by atoms with van der Waals surface area (Å²) in [5.41, 5.74) is 1.91. The van der Waals surface area contributed by atoms with Crippen molar-refractivity contribution in [3.63, 3.8) is 0 Å². The second-order valence-corrected chi connectivity index (χ2v) is 6.23. The van der Waals surface area contributed by atoms with Gasteiger partial charge in [-0.05, 0) is 30.0 Å². The number of carbonyl (C=O) groups excluding carboxylic acids is 1. The van der Waals surface area contributed by atoms with E-state index >= 15 is 0 Å². The van der Waals surface area contributed by atoms with E-state index in [0.717, 1.165) is 11.3 Å². The van der Waals surface area contributed by atoms with Gasteiger partial charge >= 0.3 is 0 Å². The molecule has 0 spiro atoms.